The van der Waals surface area contributed by atoms with Crippen LogP contribution in [0.15, 0.2) is 40.6 Å². The van der Waals surface area contributed by atoms with E-state index in [2.05, 4.69) is 6.07 Å². The van der Waals surface area contributed by atoms with Crippen molar-refractivity contribution < 1.29 is 17.5 Å². The molecule has 0 spiro atoms. The third-order valence-electron chi connectivity index (χ3n) is 4.24. The van der Waals surface area contributed by atoms with E-state index in [1.807, 2.05) is 11.4 Å². The van der Waals surface area contributed by atoms with E-state index in [1.54, 1.807) is 18.3 Å². The zero-order valence-electron chi connectivity index (χ0n) is 13.4. The Labute approximate surface area is 145 Å². The zero-order valence-corrected chi connectivity index (χ0v) is 15.1. The summed E-state index contributed by atoms with van der Waals surface area (Å²) >= 11 is 1.71. The van der Waals surface area contributed by atoms with Crippen molar-refractivity contribution in [2.24, 2.45) is 0 Å². The highest BCUT2D eigenvalue weighted by molar-refractivity contribution is 7.89. The fourth-order valence-corrected chi connectivity index (χ4v) is 5.35. The van der Waals surface area contributed by atoms with E-state index >= 15 is 0 Å². The average Bonchev–Trinajstić information content (AvgIpc) is 3.11. The molecule has 7 heteroatoms. The molecule has 0 saturated carbocycles. The number of sulfonamides is 1. The lowest BCUT2D eigenvalue weighted by molar-refractivity contribution is 0.317. The average molecular weight is 369 g/mol. The number of hydrogen-bond acceptors (Lipinski definition) is 4. The molecule has 0 amide bonds. The summed E-state index contributed by atoms with van der Waals surface area (Å²) in [6, 6.07) is 7.96. The van der Waals surface area contributed by atoms with Gasteiger partial charge in [-0.25, -0.2) is 12.8 Å². The molecule has 0 aliphatic carbocycles. The zero-order chi connectivity index (χ0) is 17.2. The van der Waals surface area contributed by atoms with Gasteiger partial charge in [0.2, 0.25) is 10.0 Å². The maximum absolute atomic E-state index is 14.0. The van der Waals surface area contributed by atoms with Crippen LogP contribution in [0.5, 0.6) is 5.75 Å². The molecule has 1 saturated heterocycles. The molecular formula is C17H20FNO3S2. The Balaban J connectivity index is 1.73. The molecule has 1 fully saturated rings. The van der Waals surface area contributed by atoms with Crippen LogP contribution in [-0.4, -0.2) is 32.4 Å². The van der Waals surface area contributed by atoms with Crippen LogP contribution in [0.3, 0.4) is 0 Å². The van der Waals surface area contributed by atoms with Gasteiger partial charge >= 0.3 is 0 Å². The molecule has 24 heavy (non-hydrogen) atoms. The molecule has 0 unspecified atom stereocenters. The minimum atomic E-state index is -3.67. The smallest absolute Gasteiger partial charge is 0.243 e. The highest BCUT2D eigenvalue weighted by atomic mass is 32.2. The van der Waals surface area contributed by atoms with Gasteiger partial charge in [-0.3, -0.25) is 0 Å². The van der Waals surface area contributed by atoms with Crippen molar-refractivity contribution in [2.45, 2.75) is 30.6 Å². The first-order valence-electron chi connectivity index (χ1n) is 7.98. The number of benzene rings is 1. The molecular weight excluding hydrogens is 349 g/mol. The van der Waals surface area contributed by atoms with Crippen LogP contribution in [0.1, 0.15) is 30.6 Å². The van der Waals surface area contributed by atoms with E-state index in [0.29, 0.717) is 25.6 Å². The van der Waals surface area contributed by atoms with Crippen molar-refractivity contribution in [3.05, 3.63) is 46.4 Å². The van der Waals surface area contributed by atoms with E-state index in [1.165, 1.54) is 21.3 Å². The van der Waals surface area contributed by atoms with E-state index in [9.17, 15) is 12.8 Å². The Morgan fingerprint density at radius 2 is 2.04 bits per heavy atom. The summed E-state index contributed by atoms with van der Waals surface area (Å²) in [5.41, 5.74) is 0. The van der Waals surface area contributed by atoms with Gasteiger partial charge in [-0.2, -0.15) is 4.31 Å². The van der Waals surface area contributed by atoms with Gasteiger partial charge in [-0.15, -0.1) is 11.3 Å². The largest absolute Gasteiger partial charge is 0.491 e. The summed E-state index contributed by atoms with van der Waals surface area (Å²) in [6.07, 6.45) is 1.58. The minimum Gasteiger partial charge on any atom is -0.491 e. The first kappa shape index (κ1) is 17.4. The number of nitrogens with zero attached hydrogens (tertiary/aromatic N) is 1. The molecule has 3 rings (SSSR count). The van der Waals surface area contributed by atoms with Gasteiger partial charge in [-0.1, -0.05) is 6.07 Å². The molecule has 4 nitrogen and oxygen atoms in total. The highest BCUT2D eigenvalue weighted by Crippen LogP contribution is 2.33. The van der Waals surface area contributed by atoms with Gasteiger partial charge in [-0.05, 0) is 55.3 Å². The van der Waals surface area contributed by atoms with Gasteiger partial charge in [0.15, 0.2) is 11.6 Å². The molecule has 0 bridgehead atoms. The summed E-state index contributed by atoms with van der Waals surface area (Å²) in [5, 5.41) is 2.04. The van der Waals surface area contributed by atoms with Crippen molar-refractivity contribution in [1.29, 1.82) is 0 Å². The Bertz CT molecular complexity index is 782. The van der Waals surface area contributed by atoms with Crippen LogP contribution >= 0.6 is 11.3 Å². The topological polar surface area (TPSA) is 46.6 Å². The van der Waals surface area contributed by atoms with Gasteiger partial charge in [0.05, 0.1) is 11.5 Å². The molecule has 2 aromatic rings. The molecule has 0 atom stereocenters. The molecule has 1 aromatic heterocycles. The van der Waals surface area contributed by atoms with Gasteiger partial charge in [0, 0.05) is 18.0 Å². The second-order valence-corrected chi connectivity index (χ2v) is 8.64. The molecule has 0 radical (unpaired) electrons. The Morgan fingerprint density at radius 1 is 1.29 bits per heavy atom. The van der Waals surface area contributed by atoms with Crippen molar-refractivity contribution in [3.63, 3.8) is 0 Å². The Hall–Kier alpha value is -1.44. The third-order valence-corrected chi connectivity index (χ3v) is 7.17. The number of thiophene rings is 1. The monoisotopic (exact) mass is 369 g/mol. The number of rotatable bonds is 5. The van der Waals surface area contributed by atoms with E-state index in [-0.39, 0.29) is 10.6 Å². The third kappa shape index (κ3) is 3.48. The quantitative estimate of drug-likeness (QED) is 0.804. The Morgan fingerprint density at radius 3 is 2.62 bits per heavy atom. The number of halogens is 1. The second-order valence-electron chi connectivity index (χ2n) is 5.72. The van der Waals surface area contributed by atoms with Crippen LogP contribution in [0, 0.1) is 5.82 Å². The predicted octanol–water partition coefficient (Wildman–Crippen LogP) is 3.85. The maximum Gasteiger partial charge on any atom is 0.243 e. The lowest BCUT2D eigenvalue weighted by atomic mass is 9.97. The number of hydrogen-bond donors (Lipinski definition) is 0. The first-order valence-corrected chi connectivity index (χ1v) is 10.3. The molecule has 2 heterocycles. The SMILES string of the molecule is CCOc1ccc(S(=O)(=O)N2CCC(c3cccs3)CC2)cc1F. The highest BCUT2D eigenvalue weighted by Gasteiger charge is 2.30. The fourth-order valence-electron chi connectivity index (χ4n) is 2.97. The lowest BCUT2D eigenvalue weighted by Gasteiger charge is -2.30. The summed E-state index contributed by atoms with van der Waals surface area (Å²) in [7, 11) is -3.67. The standard InChI is InChI=1S/C17H20FNO3S2/c1-2-22-16-6-5-14(12-15(16)18)24(20,21)19-9-7-13(8-10-19)17-4-3-11-23-17/h3-6,11-13H,2,7-10H2,1H3. The van der Waals surface area contributed by atoms with Crippen molar-refractivity contribution in [3.8, 4) is 5.75 Å². The van der Waals surface area contributed by atoms with E-state index in [0.717, 1.165) is 18.9 Å². The van der Waals surface area contributed by atoms with Crippen LogP contribution in [-0.2, 0) is 10.0 Å². The van der Waals surface area contributed by atoms with Gasteiger partial charge in [0.1, 0.15) is 0 Å². The minimum absolute atomic E-state index is 0.0157. The summed E-state index contributed by atoms with van der Waals surface area (Å²) in [5.74, 6) is -0.159. The van der Waals surface area contributed by atoms with Crippen LogP contribution < -0.4 is 4.74 Å². The second kappa shape index (κ2) is 7.21. The lowest BCUT2D eigenvalue weighted by Crippen LogP contribution is -2.37. The molecule has 130 valence electrons. The molecule has 1 aliphatic rings. The number of piperidine rings is 1. The van der Waals surface area contributed by atoms with Crippen LogP contribution in [0.4, 0.5) is 4.39 Å². The summed E-state index contributed by atoms with van der Waals surface area (Å²) in [6.45, 7) is 3.00. The van der Waals surface area contributed by atoms with Crippen molar-refractivity contribution in [2.75, 3.05) is 19.7 Å². The summed E-state index contributed by atoms with van der Waals surface area (Å²) < 4.78 is 46.0. The van der Waals surface area contributed by atoms with Gasteiger partial charge in [0.25, 0.3) is 0 Å². The van der Waals surface area contributed by atoms with E-state index < -0.39 is 15.8 Å². The van der Waals surface area contributed by atoms with Crippen molar-refractivity contribution in [1.82, 2.24) is 4.31 Å². The van der Waals surface area contributed by atoms with E-state index in [4.69, 9.17) is 4.74 Å². The summed E-state index contributed by atoms with van der Waals surface area (Å²) in [4.78, 5) is 1.29. The first-order chi connectivity index (χ1) is 11.5. The van der Waals surface area contributed by atoms with Gasteiger partial charge < -0.3 is 4.74 Å². The van der Waals surface area contributed by atoms with Crippen LogP contribution in [0.2, 0.25) is 0 Å². The van der Waals surface area contributed by atoms with Crippen molar-refractivity contribution >= 4 is 21.4 Å². The maximum atomic E-state index is 14.0. The molecule has 1 aromatic carbocycles. The normalized spacial score (nSPS) is 17.1. The molecule has 1 aliphatic heterocycles. The fraction of sp³-hybridized carbons (Fsp3) is 0.412. The Kier molecular flexibility index (Phi) is 5.22. The van der Waals surface area contributed by atoms with Crippen LogP contribution in [0.25, 0.3) is 0 Å². The predicted molar refractivity (Wildman–Crippen MR) is 92.6 cm³/mol. The molecule has 0 N–H and O–H groups in total. The number of ether oxygens (including phenoxy) is 1.